The maximum atomic E-state index is 15.1. The van der Waals surface area contributed by atoms with Crippen LogP contribution in [-0.2, 0) is 19.1 Å². The number of esters is 1. The van der Waals surface area contributed by atoms with Crippen LogP contribution in [0, 0.1) is 56.7 Å². The van der Waals surface area contributed by atoms with Crippen molar-refractivity contribution < 1.29 is 28.8 Å². The number of amides is 1. The molecule has 5 saturated carbocycles. The van der Waals surface area contributed by atoms with Gasteiger partial charge in [-0.15, -0.1) is 0 Å². The third-order valence-corrected chi connectivity index (χ3v) is 17.1. The fraction of sp³-hybridized carbons (Fsp3) is 0.756. The summed E-state index contributed by atoms with van der Waals surface area (Å²) >= 11 is 0. The minimum Gasteiger partial charge on any atom is -0.481 e. The number of nitrogens with zero attached hydrogens (tertiary/aromatic N) is 3. The Hall–Kier alpha value is -3.23. The summed E-state index contributed by atoms with van der Waals surface area (Å²) in [4.78, 5) is 46.5. The van der Waals surface area contributed by atoms with Gasteiger partial charge in [0.25, 0.3) is 0 Å². The van der Waals surface area contributed by atoms with Crippen molar-refractivity contribution in [2.24, 2.45) is 56.7 Å². The first-order chi connectivity index (χ1) is 25.6. The van der Waals surface area contributed by atoms with E-state index in [1.54, 1.807) is 0 Å². The highest BCUT2D eigenvalue weighted by Crippen LogP contribution is 2.76. The number of carbonyl (C=O) groups is 3. The van der Waals surface area contributed by atoms with E-state index in [0.29, 0.717) is 41.3 Å². The van der Waals surface area contributed by atoms with Gasteiger partial charge in [0.2, 0.25) is 17.6 Å². The number of likely N-dealkylation sites (tertiary alicyclic amines) is 1. The lowest BCUT2D eigenvalue weighted by molar-refractivity contribution is -0.235. The average molecular weight is 742 g/mol. The van der Waals surface area contributed by atoms with Crippen LogP contribution in [0.3, 0.4) is 0 Å². The van der Waals surface area contributed by atoms with Crippen LogP contribution in [0.5, 0.6) is 0 Å². The minimum absolute atomic E-state index is 0.0476. The molecule has 4 unspecified atom stereocenters. The lowest BCUT2D eigenvalue weighted by Gasteiger charge is -2.71. The number of hydrogen-bond donors (Lipinski definition) is 1. The van der Waals surface area contributed by atoms with E-state index in [4.69, 9.17) is 14.2 Å². The first kappa shape index (κ1) is 37.7. The van der Waals surface area contributed by atoms with Crippen molar-refractivity contribution in [1.29, 1.82) is 0 Å². The van der Waals surface area contributed by atoms with Gasteiger partial charge in [0, 0.05) is 12.1 Å². The van der Waals surface area contributed by atoms with Gasteiger partial charge in [-0.2, -0.15) is 4.98 Å². The summed E-state index contributed by atoms with van der Waals surface area (Å²) in [5.41, 5.74) is 0.542. The van der Waals surface area contributed by atoms with Gasteiger partial charge in [0.05, 0.1) is 18.3 Å². The molecule has 1 amide bonds. The third kappa shape index (κ3) is 5.86. The molecule has 6 fully saturated rings. The Morgan fingerprint density at radius 1 is 0.870 bits per heavy atom. The number of hydrogen-bond acceptors (Lipinski definition) is 7. The maximum Gasteiger partial charge on any atom is 0.306 e. The molecule has 8 rings (SSSR count). The van der Waals surface area contributed by atoms with Crippen LogP contribution in [-0.4, -0.2) is 50.6 Å². The molecule has 9 heteroatoms. The first-order valence-corrected chi connectivity index (χ1v) is 21.2. The summed E-state index contributed by atoms with van der Waals surface area (Å²) in [5, 5.41) is 13.6. The highest BCUT2D eigenvalue weighted by molar-refractivity contribution is 5.84. The van der Waals surface area contributed by atoms with Crippen LogP contribution in [0.15, 0.2) is 34.9 Å². The molecule has 0 spiro atoms. The number of aromatic nitrogens is 2. The maximum absolute atomic E-state index is 15.1. The first-order valence-electron chi connectivity index (χ1n) is 21.2. The van der Waals surface area contributed by atoms with Crippen LogP contribution in [0.4, 0.5) is 0 Å². The van der Waals surface area contributed by atoms with Crippen molar-refractivity contribution in [3.8, 4) is 11.4 Å². The van der Waals surface area contributed by atoms with Crippen LogP contribution in [0.25, 0.3) is 11.4 Å². The normalized spacial score (nSPS) is 40.3. The van der Waals surface area contributed by atoms with E-state index in [9.17, 15) is 14.7 Å². The van der Waals surface area contributed by atoms with E-state index < -0.39 is 11.4 Å². The molecule has 1 aromatic carbocycles. The highest BCUT2D eigenvalue weighted by Gasteiger charge is 2.70. The lowest BCUT2D eigenvalue weighted by Crippen LogP contribution is -2.66. The van der Waals surface area contributed by atoms with Crippen molar-refractivity contribution >= 4 is 17.8 Å². The predicted molar refractivity (Wildman–Crippen MR) is 205 cm³/mol. The molecule has 1 saturated heterocycles. The number of carbonyl (C=O) groups excluding carboxylic acids is 2. The molecule has 11 atom stereocenters. The second-order valence-electron chi connectivity index (χ2n) is 20.2. The van der Waals surface area contributed by atoms with Gasteiger partial charge in [-0.3, -0.25) is 14.4 Å². The molecule has 5 aliphatic carbocycles. The molecule has 54 heavy (non-hydrogen) atoms. The Morgan fingerprint density at radius 3 is 2.41 bits per heavy atom. The summed E-state index contributed by atoms with van der Waals surface area (Å²) in [6.07, 6.45) is 13.8. The topological polar surface area (TPSA) is 123 Å². The molecule has 0 radical (unpaired) electrons. The van der Waals surface area contributed by atoms with Crippen molar-refractivity contribution in [1.82, 2.24) is 15.0 Å². The van der Waals surface area contributed by atoms with Crippen LogP contribution < -0.4 is 0 Å². The molecule has 1 aliphatic heterocycles. The molecule has 2 aromatic rings. The summed E-state index contributed by atoms with van der Waals surface area (Å²) < 4.78 is 12.1. The lowest BCUT2D eigenvalue weighted by atomic mass is 9.33. The zero-order valence-electron chi connectivity index (χ0n) is 33.6. The minimum atomic E-state index is -0.884. The predicted octanol–water partition coefficient (Wildman–Crippen LogP) is 9.67. The Labute approximate surface area is 321 Å². The summed E-state index contributed by atoms with van der Waals surface area (Å²) in [6, 6.07) is 9.78. The average Bonchev–Trinajstić information content (AvgIpc) is 3.90. The molecular formula is C45H63N3O6. The van der Waals surface area contributed by atoms with Gasteiger partial charge in [0.15, 0.2) is 0 Å². The largest absolute Gasteiger partial charge is 0.481 e. The molecule has 294 valence electrons. The number of carboxylic acids is 1. The fourth-order valence-electron chi connectivity index (χ4n) is 14.4. The molecular weight excluding hydrogens is 679 g/mol. The van der Waals surface area contributed by atoms with Crippen molar-refractivity contribution in [3.63, 3.8) is 0 Å². The Morgan fingerprint density at radius 2 is 1.65 bits per heavy atom. The fourth-order valence-corrected chi connectivity index (χ4v) is 14.4. The van der Waals surface area contributed by atoms with Gasteiger partial charge in [0.1, 0.15) is 12.1 Å². The number of fused-ring (bicyclic) bond motifs is 7. The molecule has 0 bridgehead atoms. The SMILES string of the molecule is CC1C2CC[C@]3(C)C(CC[C@@H]4C5CCC[C@]5(C(=O)N5CCC[C@@H]5c5nc(-c6ccccc6)no5)CC[C@]43C)[C@@]2(C)CC[C@@H]1OC(=O)CC(C)(C)CC(=O)O. The standard InChI is InChI=1S/C45H63N3O6/c1-28-30-18-22-44(6)35(42(30,4)21-19-34(28)53-37(51)27-41(2,3)26-36(49)50)17-16-31-32-14-10-20-45(32,24-23-43(31,44)5)40(52)48-25-11-15-33(48)39-46-38(47-54-39)29-12-8-7-9-13-29/h7-9,12-13,28,30-35H,10-11,14-27H2,1-6H3,(H,49,50)/t28?,30?,31-,32?,33-,34+,35?,42+,43-,44-,45+/m1/s1. The monoisotopic (exact) mass is 741 g/mol. The number of carboxylic acid groups (broad SMARTS) is 1. The molecule has 1 N–H and O–H groups in total. The van der Waals surface area contributed by atoms with Gasteiger partial charge in [-0.25, -0.2) is 0 Å². The van der Waals surface area contributed by atoms with Crippen LogP contribution in [0.1, 0.15) is 150 Å². The third-order valence-electron chi connectivity index (χ3n) is 17.1. The Bertz CT molecular complexity index is 1760. The second kappa shape index (κ2) is 13.5. The molecule has 9 nitrogen and oxygen atoms in total. The van der Waals surface area contributed by atoms with Gasteiger partial charge >= 0.3 is 11.9 Å². The van der Waals surface area contributed by atoms with Gasteiger partial charge < -0.3 is 19.3 Å². The summed E-state index contributed by atoms with van der Waals surface area (Å²) in [5.74, 6) is 2.68. The number of ether oxygens (including phenoxy) is 1. The van der Waals surface area contributed by atoms with Gasteiger partial charge in [-0.1, -0.05) is 83.5 Å². The van der Waals surface area contributed by atoms with Crippen LogP contribution >= 0.6 is 0 Å². The van der Waals surface area contributed by atoms with Crippen molar-refractivity contribution in [2.75, 3.05) is 6.54 Å². The van der Waals surface area contributed by atoms with E-state index in [-0.39, 0.29) is 58.5 Å². The smallest absolute Gasteiger partial charge is 0.306 e. The van der Waals surface area contributed by atoms with Crippen molar-refractivity contribution in [2.45, 2.75) is 150 Å². The number of benzene rings is 1. The Balaban J connectivity index is 0.986. The Kier molecular flexibility index (Phi) is 9.39. The molecule has 1 aromatic heterocycles. The van der Waals surface area contributed by atoms with E-state index >= 15 is 4.79 Å². The molecule has 6 aliphatic rings. The van der Waals surface area contributed by atoms with E-state index in [0.717, 1.165) is 76.3 Å². The van der Waals surface area contributed by atoms with Crippen LogP contribution in [0.2, 0.25) is 0 Å². The number of rotatable bonds is 8. The van der Waals surface area contributed by atoms with E-state index in [1.165, 1.54) is 19.3 Å². The highest BCUT2D eigenvalue weighted by atomic mass is 16.5. The summed E-state index contributed by atoms with van der Waals surface area (Å²) in [6.45, 7) is 14.6. The number of aliphatic carboxylic acids is 1. The second-order valence-corrected chi connectivity index (χ2v) is 20.2. The van der Waals surface area contributed by atoms with E-state index in [1.807, 2.05) is 44.2 Å². The quantitative estimate of drug-likeness (QED) is 0.266. The van der Waals surface area contributed by atoms with E-state index in [2.05, 4.69) is 37.8 Å². The van der Waals surface area contributed by atoms with Gasteiger partial charge in [-0.05, 0) is 128 Å². The summed E-state index contributed by atoms with van der Waals surface area (Å²) in [7, 11) is 0. The molecule has 2 heterocycles. The zero-order chi connectivity index (χ0) is 38.3. The van der Waals surface area contributed by atoms with Crippen molar-refractivity contribution in [3.05, 3.63) is 36.2 Å². The zero-order valence-corrected chi connectivity index (χ0v) is 33.6.